The molecule has 0 atom stereocenters. The van der Waals surface area contributed by atoms with Gasteiger partial charge in [-0.3, -0.25) is 9.59 Å². The molecule has 2 aromatic rings. The fourth-order valence-electron chi connectivity index (χ4n) is 3.98. The molecule has 30 heavy (non-hydrogen) atoms. The number of aromatic amines is 1. The average Bonchev–Trinajstić information content (AvgIpc) is 2.65. The smallest absolute Gasteiger partial charge is 0.261 e. The van der Waals surface area contributed by atoms with E-state index in [1.807, 2.05) is 0 Å². The van der Waals surface area contributed by atoms with Crippen molar-refractivity contribution in [3.8, 4) is 5.75 Å². The second-order valence-electron chi connectivity index (χ2n) is 8.11. The lowest BCUT2D eigenvalue weighted by Crippen LogP contribution is -2.28. The summed E-state index contributed by atoms with van der Waals surface area (Å²) in [5.41, 5.74) is 5.24. The summed E-state index contributed by atoms with van der Waals surface area (Å²) in [7, 11) is 0. The number of hydrogen-bond donors (Lipinski definition) is 2. The van der Waals surface area contributed by atoms with E-state index in [2.05, 4.69) is 9.97 Å². The number of nitrogens with two attached hydrogens (primary N) is 1. The van der Waals surface area contributed by atoms with Gasteiger partial charge in [0.1, 0.15) is 22.8 Å². The molecule has 2 aliphatic rings. The zero-order chi connectivity index (χ0) is 20.4. The van der Waals surface area contributed by atoms with Gasteiger partial charge in [-0.05, 0) is 44.4 Å². The first-order chi connectivity index (χ1) is 14.0. The number of fused-ring (bicyclic) bond motifs is 1. The molecule has 3 N–H and O–H groups in total. The number of benzene rings is 1. The van der Waals surface area contributed by atoms with Crippen LogP contribution in [0.1, 0.15) is 58.2 Å². The van der Waals surface area contributed by atoms with Crippen molar-refractivity contribution in [2.24, 2.45) is 17.6 Å². The van der Waals surface area contributed by atoms with E-state index in [9.17, 15) is 14.0 Å². The first kappa shape index (κ1) is 22.6. The third-order valence-electron chi connectivity index (χ3n) is 6.03. The quantitative estimate of drug-likeness (QED) is 0.681. The zero-order valence-electron chi connectivity index (χ0n) is 16.3. The van der Waals surface area contributed by atoms with Crippen molar-refractivity contribution >= 4 is 28.6 Å². The standard InChI is InChI=1S/C21H26FN3O3S.CH4/c22-16-8-14(28-10-12-2-1-3-12)9-17-19(16)21(27)25-18(24-17)11-29-15-6-4-13(5-7-15)20(23)26;/h8-9,12-13,15H,1-7,10-11H2,(H2,23,26)(H,24,25,27);1H4. The van der Waals surface area contributed by atoms with E-state index >= 15 is 0 Å². The summed E-state index contributed by atoms with van der Waals surface area (Å²) in [5.74, 6) is 1.18. The number of carbonyl (C=O) groups is 1. The van der Waals surface area contributed by atoms with E-state index in [-0.39, 0.29) is 24.6 Å². The van der Waals surface area contributed by atoms with Crippen molar-refractivity contribution in [1.29, 1.82) is 0 Å². The van der Waals surface area contributed by atoms with Crippen LogP contribution in [0.3, 0.4) is 0 Å². The second-order valence-corrected chi connectivity index (χ2v) is 9.40. The van der Waals surface area contributed by atoms with Crippen LogP contribution >= 0.6 is 11.8 Å². The monoisotopic (exact) mass is 435 g/mol. The SMILES string of the molecule is C.NC(=O)C1CCC(SCc2nc3cc(OCC4CCC4)cc(F)c3c(=O)[nH]2)CC1. The summed E-state index contributed by atoms with van der Waals surface area (Å²) in [5, 5.41) is 0.372. The minimum absolute atomic E-state index is 0. The molecule has 0 bridgehead atoms. The van der Waals surface area contributed by atoms with Crippen molar-refractivity contribution in [2.45, 2.75) is 63.4 Å². The molecule has 164 valence electrons. The Hall–Kier alpha value is -2.09. The Morgan fingerprint density at radius 3 is 2.60 bits per heavy atom. The number of rotatable bonds is 7. The van der Waals surface area contributed by atoms with Crippen LogP contribution in [-0.2, 0) is 10.5 Å². The van der Waals surface area contributed by atoms with Gasteiger partial charge < -0.3 is 15.5 Å². The first-order valence-corrected chi connectivity index (χ1v) is 11.3. The average molecular weight is 436 g/mol. The molecule has 8 heteroatoms. The van der Waals surface area contributed by atoms with E-state index in [0.717, 1.165) is 38.5 Å². The molecular formula is C22H30FN3O3S. The van der Waals surface area contributed by atoms with Gasteiger partial charge in [0.25, 0.3) is 5.56 Å². The third kappa shape index (κ3) is 5.14. The highest BCUT2D eigenvalue weighted by molar-refractivity contribution is 7.99. The van der Waals surface area contributed by atoms with Gasteiger partial charge in [-0.25, -0.2) is 9.37 Å². The van der Waals surface area contributed by atoms with Gasteiger partial charge >= 0.3 is 0 Å². The maximum Gasteiger partial charge on any atom is 0.261 e. The highest BCUT2D eigenvalue weighted by Crippen LogP contribution is 2.33. The molecule has 2 fully saturated rings. The summed E-state index contributed by atoms with van der Waals surface area (Å²) in [6.07, 6.45) is 6.98. The minimum Gasteiger partial charge on any atom is -0.493 e. The Morgan fingerprint density at radius 2 is 1.97 bits per heavy atom. The molecule has 2 saturated carbocycles. The van der Waals surface area contributed by atoms with Gasteiger partial charge in [-0.1, -0.05) is 13.8 Å². The number of halogens is 1. The fraction of sp³-hybridized carbons (Fsp3) is 0.591. The van der Waals surface area contributed by atoms with E-state index in [1.54, 1.807) is 17.8 Å². The normalized spacial score (nSPS) is 21.6. The molecule has 0 aliphatic heterocycles. The van der Waals surface area contributed by atoms with Crippen LogP contribution in [0.25, 0.3) is 10.9 Å². The van der Waals surface area contributed by atoms with Crippen molar-refractivity contribution in [3.63, 3.8) is 0 Å². The van der Waals surface area contributed by atoms with Crippen LogP contribution in [-0.4, -0.2) is 27.7 Å². The lowest BCUT2D eigenvalue weighted by molar-refractivity contribution is -0.122. The molecule has 1 aromatic carbocycles. The van der Waals surface area contributed by atoms with Crippen LogP contribution < -0.4 is 16.0 Å². The maximum atomic E-state index is 14.5. The summed E-state index contributed by atoms with van der Waals surface area (Å²) < 4.78 is 20.2. The Bertz CT molecular complexity index is 953. The van der Waals surface area contributed by atoms with Gasteiger partial charge in [-0.15, -0.1) is 0 Å². The predicted octanol–water partition coefficient (Wildman–Crippen LogP) is 4.15. The molecule has 2 aliphatic carbocycles. The summed E-state index contributed by atoms with van der Waals surface area (Å²) in [6.45, 7) is 0.574. The van der Waals surface area contributed by atoms with Crippen molar-refractivity contribution in [2.75, 3.05) is 6.61 Å². The van der Waals surface area contributed by atoms with Crippen LogP contribution in [0.15, 0.2) is 16.9 Å². The number of nitrogens with zero attached hydrogens (tertiary/aromatic N) is 1. The molecule has 1 heterocycles. The number of carbonyl (C=O) groups excluding carboxylic acids is 1. The van der Waals surface area contributed by atoms with Crippen LogP contribution in [0.4, 0.5) is 4.39 Å². The van der Waals surface area contributed by atoms with Crippen LogP contribution in [0.5, 0.6) is 5.75 Å². The van der Waals surface area contributed by atoms with Crippen molar-refractivity contribution in [1.82, 2.24) is 9.97 Å². The van der Waals surface area contributed by atoms with Crippen LogP contribution in [0, 0.1) is 17.7 Å². The largest absolute Gasteiger partial charge is 0.493 e. The molecule has 1 amide bonds. The zero-order valence-corrected chi connectivity index (χ0v) is 17.1. The molecule has 0 radical (unpaired) electrons. The first-order valence-electron chi connectivity index (χ1n) is 10.3. The number of H-pyrrole nitrogens is 1. The number of amides is 1. The lowest BCUT2D eigenvalue weighted by Gasteiger charge is -2.26. The van der Waals surface area contributed by atoms with Crippen molar-refractivity contribution in [3.05, 3.63) is 34.1 Å². The van der Waals surface area contributed by atoms with E-state index in [4.69, 9.17) is 10.5 Å². The summed E-state index contributed by atoms with van der Waals surface area (Å²) in [4.78, 5) is 30.9. The molecule has 0 unspecified atom stereocenters. The van der Waals surface area contributed by atoms with Gasteiger partial charge in [0.2, 0.25) is 5.91 Å². The lowest BCUT2D eigenvalue weighted by atomic mass is 9.86. The Balaban J connectivity index is 0.00000256. The highest BCUT2D eigenvalue weighted by Gasteiger charge is 2.25. The van der Waals surface area contributed by atoms with Gasteiger partial charge in [0.15, 0.2) is 0 Å². The number of aromatic nitrogens is 2. The van der Waals surface area contributed by atoms with Gasteiger partial charge in [0.05, 0.1) is 17.9 Å². The van der Waals surface area contributed by atoms with E-state index < -0.39 is 11.4 Å². The van der Waals surface area contributed by atoms with Gasteiger partial charge in [-0.2, -0.15) is 11.8 Å². The number of hydrogen-bond acceptors (Lipinski definition) is 5. The minimum atomic E-state index is -0.608. The summed E-state index contributed by atoms with van der Waals surface area (Å²) in [6, 6.07) is 2.92. The number of thioether (sulfide) groups is 1. The topological polar surface area (TPSA) is 98.1 Å². The van der Waals surface area contributed by atoms with Crippen LogP contribution in [0.2, 0.25) is 0 Å². The number of ether oxygens (including phenoxy) is 1. The predicted molar refractivity (Wildman–Crippen MR) is 118 cm³/mol. The van der Waals surface area contributed by atoms with E-state index in [0.29, 0.717) is 40.6 Å². The Kier molecular flexibility index (Phi) is 7.39. The molecule has 6 nitrogen and oxygen atoms in total. The third-order valence-corrected chi connectivity index (χ3v) is 7.41. The summed E-state index contributed by atoms with van der Waals surface area (Å²) >= 11 is 1.70. The number of nitrogens with one attached hydrogen (secondary N) is 1. The Labute approximate surface area is 180 Å². The molecule has 0 saturated heterocycles. The molecular weight excluding hydrogens is 405 g/mol. The fourth-order valence-corrected chi connectivity index (χ4v) is 5.12. The van der Waals surface area contributed by atoms with Crippen molar-refractivity contribution < 1.29 is 13.9 Å². The van der Waals surface area contributed by atoms with E-state index in [1.165, 1.54) is 12.5 Å². The number of primary amides is 1. The molecule has 4 rings (SSSR count). The highest BCUT2D eigenvalue weighted by atomic mass is 32.2. The Morgan fingerprint density at radius 1 is 1.23 bits per heavy atom. The van der Waals surface area contributed by atoms with Gasteiger partial charge in [0, 0.05) is 23.3 Å². The maximum absolute atomic E-state index is 14.5. The molecule has 1 aromatic heterocycles. The second kappa shape index (κ2) is 9.81. The molecule has 0 spiro atoms.